The minimum Gasteiger partial charge on any atom is -0.466 e. The van der Waals surface area contributed by atoms with Gasteiger partial charge in [0.25, 0.3) is 0 Å². The van der Waals surface area contributed by atoms with Crippen molar-refractivity contribution in [2.24, 2.45) is 11.8 Å². The molecule has 0 saturated heterocycles. The first-order valence-electron chi connectivity index (χ1n) is 12.3. The van der Waals surface area contributed by atoms with Gasteiger partial charge in [-0.25, -0.2) is 0 Å². The monoisotopic (exact) mass is 418 g/mol. The Morgan fingerprint density at radius 2 is 1.83 bits per heavy atom. The standard InChI is InChI=1S/C27H46O3/c1-4-6-7-13-21-27(29,5-2)22-16-20-26-19-15-18-25(26)17-12-10-8-9-11-14-23-30-24(3)28/h5,15-16,19-20,25-26,29H,2,4,6-14,17-18,21-23H2,1,3H3/b20-16+/t25-,26+,27?/m0/s1. The minimum absolute atomic E-state index is 0.176. The molecule has 3 nitrogen and oxygen atoms in total. The predicted molar refractivity (Wildman–Crippen MR) is 127 cm³/mol. The number of carbonyl (C=O) groups is 1. The first-order valence-corrected chi connectivity index (χ1v) is 12.3. The van der Waals surface area contributed by atoms with Crippen LogP contribution in [0, 0.1) is 11.8 Å². The maximum absolute atomic E-state index is 10.8. The first kappa shape index (κ1) is 26.7. The highest BCUT2D eigenvalue weighted by atomic mass is 16.5. The lowest BCUT2D eigenvalue weighted by molar-refractivity contribution is -0.141. The molecule has 3 heteroatoms. The quantitative estimate of drug-likeness (QED) is 0.144. The van der Waals surface area contributed by atoms with Crippen molar-refractivity contribution in [1.29, 1.82) is 0 Å². The molecule has 0 heterocycles. The molecular formula is C27H46O3. The van der Waals surface area contributed by atoms with Crippen molar-refractivity contribution < 1.29 is 14.6 Å². The lowest BCUT2D eigenvalue weighted by Gasteiger charge is -2.23. The van der Waals surface area contributed by atoms with Crippen molar-refractivity contribution in [3.8, 4) is 0 Å². The summed E-state index contributed by atoms with van der Waals surface area (Å²) in [5.74, 6) is 1.06. The van der Waals surface area contributed by atoms with Crippen LogP contribution < -0.4 is 0 Å². The third kappa shape index (κ3) is 12.4. The van der Waals surface area contributed by atoms with Crippen molar-refractivity contribution >= 4 is 5.97 Å². The molecule has 0 aliphatic heterocycles. The van der Waals surface area contributed by atoms with Gasteiger partial charge in [-0.2, -0.15) is 0 Å². The Bertz CT molecular complexity index is 522. The molecule has 1 aliphatic rings. The fourth-order valence-corrected chi connectivity index (χ4v) is 4.26. The summed E-state index contributed by atoms with van der Waals surface area (Å²) in [5, 5.41) is 10.8. The maximum Gasteiger partial charge on any atom is 0.302 e. The highest BCUT2D eigenvalue weighted by Crippen LogP contribution is 2.32. The molecule has 0 bridgehead atoms. The second-order valence-corrected chi connectivity index (χ2v) is 9.00. The van der Waals surface area contributed by atoms with Gasteiger partial charge in [0.1, 0.15) is 0 Å². The number of unbranched alkanes of at least 4 members (excludes halogenated alkanes) is 8. The van der Waals surface area contributed by atoms with Gasteiger partial charge < -0.3 is 9.84 Å². The largest absolute Gasteiger partial charge is 0.466 e. The third-order valence-corrected chi connectivity index (χ3v) is 6.29. The van der Waals surface area contributed by atoms with E-state index in [4.69, 9.17) is 4.74 Å². The normalized spacial score (nSPS) is 20.5. The van der Waals surface area contributed by atoms with E-state index in [0.717, 1.165) is 25.7 Å². The Labute approximate surface area is 185 Å². The molecule has 30 heavy (non-hydrogen) atoms. The van der Waals surface area contributed by atoms with E-state index in [2.05, 4.69) is 37.8 Å². The topological polar surface area (TPSA) is 46.5 Å². The number of hydrogen-bond donors (Lipinski definition) is 1. The molecule has 0 aromatic rings. The fraction of sp³-hybridized carbons (Fsp3) is 0.741. The van der Waals surface area contributed by atoms with Gasteiger partial charge in [0.2, 0.25) is 0 Å². The van der Waals surface area contributed by atoms with Gasteiger partial charge in [0.15, 0.2) is 0 Å². The molecule has 1 unspecified atom stereocenters. The van der Waals surface area contributed by atoms with Crippen LogP contribution in [-0.2, 0) is 9.53 Å². The van der Waals surface area contributed by atoms with Gasteiger partial charge >= 0.3 is 5.97 Å². The first-order chi connectivity index (χ1) is 14.5. The molecule has 1 rings (SSSR count). The number of rotatable bonds is 18. The van der Waals surface area contributed by atoms with E-state index in [9.17, 15) is 9.90 Å². The Morgan fingerprint density at radius 3 is 2.53 bits per heavy atom. The van der Waals surface area contributed by atoms with Crippen LogP contribution in [0.2, 0.25) is 0 Å². The van der Waals surface area contributed by atoms with E-state index in [1.165, 1.54) is 64.7 Å². The number of carbonyl (C=O) groups excluding carboxylic acids is 1. The van der Waals surface area contributed by atoms with Crippen molar-refractivity contribution in [3.05, 3.63) is 37.0 Å². The van der Waals surface area contributed by atoms with Crippen molar-refractivity contribution in [3.63, 3.8) is 0 Å². The second kappa shape index (κ2) is 16.4. The number of hydrogen-bond acceptors (Lipinski definition) is 3. The van der Waals surface area contributed by atoms with Gasteiger partial charge in [0, 0.05) is 6.92 Å². The molecule has 0 saturated carbocycles. The van der Waals surface area contributed by atoms with Crippen LogP contribution in [0.4, 0.5) is 0 Å². The molecule has 1 N–H and O–H groups in total. The zero-order valence-electron chi connectivity index (χ0n) is 19.6. The molecule has 0 spiro atoms. The third-order valence-electron chi connectivity index (χ3n) is 6.29. The minimum atomic E-state index is -0.752. The van der Waals surface area contributed by atoms with E-state index in [1.54, 1.807) is 6.08 Å². The number of esters is 1. The summed E-state index contributed by atoms with van der Waals surface area (Å²) in [6.45, 7) is 8.11. The van der Waals surface area contributed by atoms with E-state index < -0.39 is 5.60 Å². The Hall–Kier alpha value is -1.35. The van der Waals surface area contributed by atoms with Crippen LogP contribution in [0.15, 0.2) is 37.0 Å². The average Bonchev–Trinajstić information content (AvgIpc) is 3.17. The van der Waals surface area contributed by atoms with Crippen LogP contribution in [0.25, 0.3) is 0 Å². The van der Waals surface area contributed by atoms with Crippen LogP contribution in [0.5, 0.6) is 0 Å². The second-order valence-electron chi connectivity index (χ2n) is 9.00. The van der Waals surface area contributed by atoms with Crippen molar-refractivity contribution in [2.45, 2.75) is 109 Å². The van der Waals surface area contributed by atoms with Gasteiger partial charge in [-0.15, -0.1) is 6.58 Å². The summed E-state index contributed by atoms with van der Waals surface area (Å²) in [7, 11) is 0. The Kier molecular flexibility index (Phi) is 14.5. The van der Waals surface area contributed by atoms with E-state index in [0.29, 0.717) is 24.9 Å². The molecule has 0 fully saturated rings. The zero-order valence-corrected chi connectivity index (χ0v) is 19.6. The number of allylic oxidation sites excluding steroid dienone is 3. The van der Waals surface area contributed by atoms with Gasteiger partial charge in [-0.05, 0) is 43.9 Å². The lowest BCUT2D eigenvalue weighted by atomic mass is 9.88. The Morgan fingerprint density at radius 1 is 1.13 bits per heavy atom. The smallest absolute Gasteiger partial charge is 0.302 e. The summed E-state index contributed by atoms with van der Waals surface area (Å²) in [5.41, 5.74) is -0.752. The summed E-state index contributed by atoms with van der Waals surface area (Å²) < 4.78 is 4.96. The summed E-state index contributed by atoms with van der Waals surface area (Å²) in [6, 6.07) is 0. The van der Waals surface area contributed by atoms with Crippen LogP contribution >= 0.6 is 0 Å². The molecule has 172 valence electrons. The van der Waals surface area contributed by atoms with E-state index in [-0.39, 0.29) is 5.97 Å². The van der Waals surface area contributed by atoms with Crippen LogP contribution in [0.1, 0.15) is 104 Å². The van der Waals surface area contributed by atoms with E-state index >= 15 is 0 Å². The molecule has 0 aromatic carbocycles. The molecule has 0 aromatic heterocycles. The predicted octanol–water partition coefficient (Wildman–Crippen LogP) is 7.31. The summed E-state index contributed by atoms with van der Waals surface area (Å²) >= 11 is 0. The van der Waals surface area contributed by atoms with E-state index in [1.807, 2.05) is 0 Å². The summed E-state index contributed by atoms with van der Waals surface area (Å²) in [4.78, 5) is 10.7. The highest BCUT2D eigenvalue weighted by Gasteiger charge is 2.22. The Balaban J connectivity index is 2.19. The SMILES string of the molecule is C=CC(O)(C/C=C/[C@H]1C=CC[C@@H]1CCCCCCCCOC(C)=O)CCCCCC. The molecule has 3 atom stereocenters. The number of ether oxygens (including phenoxy) is 1. The fourth-order valence-electron chi connectivity index (χ4n) is 4.26. The van der Waals surface area contributed by atoms with Gasteiger partial charge in [-0.1, -0.05) is 95.1 Å². The molecular weight excluding hydrogens is 372 g/mol. The number of aliphatic hydroxyl groups is 1. The molecule has 1 aliphatic carbocycles. The maximum atomic E-state index is 10.8. The van der Waals surface area contributed by atoms with Crippen molar-refractivity contribution in [2.75, 3.05) is 6.61 Å². The molecule has 0 radical (unpaired) electrons. The van der Waals surface area contributed by atoms with Crippen LogP contribution in [0.3, 0.4) is 0 Å². The average molecular weight is 419 g/mol. The zero-order chi connectivity index (χ0) is 22.1. The summed E-state index contributed by atoms with van der Waals surface area (Å²) in [6.07, 6.45) is 26.7. The van der Waals surface area contributed by atoms with Gasteiger partial charge in [-0.3, -0.25) is 4.79 Å². The highest BCUT2D eigenvalue weighted by molar-refractivity contribution is 5.65. The van der Waals surface area contributed by atoms with Crippen LogP contribution in [-0.4, -0.2) is 23.3 Å². The van der Waals surface area contributed by atoms with Crippen molar-refractivity contribution in [1.82, 2.24) is 0 Å². The molecule has 0 amide bonds. The lowest BCUT2D eigenvalue weighted by Crippen LogP contribution is -2.24. The van der Waals surface area contributed by atoms with Gasteiger partial charge in [0.05, 0.1) is 12.2 Å².